The lowest BCUT2D eigenvalue weighted by atomic mass is 9.82. The van der Waals surface area contributed by atoms with Gasteiger partial charge in [0.2, 0.25) is 5.92 Å². The molecule has 1 nitrogen and oxygen atoms in total. The Balaban J connectivity index is 2.15. The van der Waals surface area contributed by atoms with Gasteiger partial charge in [0, 0.05) is 12.8 Å². The Morgan fingerprint density at radius 2 is 1.81 bits per heavy atom. The van der Waals surface area contributed by atoms with Gasteiger partial charge in [0.05, 0.1) is 6.10 Å². The second-order valence-corrected chi connectivity index (χ2v) is 5.11. The molecule has 1 saturated carbocycles. The molecular weight excluding hydrogens is 210 g/mol. The van der Waals surface area contributed by atoms with Crippen LogP contribution in [0.4, 0.5) is 8.78 Å². The van der Waals surface area contributed by atoms with E-state index in [0.29, 0.717) is 12.8 Å². The van der Waals surface area contributed by atoms with Crippen molar-refractivity contribution in [1.29, 1.82) is 0 Å². The summed E-state index contributed by atoms with van der Waals surface area (Å²) in [5, 5.41) is 9.90. The molecule has 1 aliphatic rings. The van der Waals surface area contributed by atoms with Crippen molar-refractivity contribution < 1.29 is 13.9 Å². The van der Waals surface area contributed by atoms with Crippen molar-refractivity contribution in [2.75, 3.05) is 0 Å². The molecule has 0 amide bonds. The van der Waals surface area contributed by atoms with E-state index in [-0.39, 0.29) is 24.9 Å². The van der Waals surface area contributed by atoms with Gasteiger partial charge in [-0.25, -0.2) is 8.78 Å². The highest BCUT2D eigenvalue weighted by molar-refractivity contribution is 4.81. The van der Waals surface area contributed by atoms with Crippen molar-refractivity contribution >= 4 is 0 Å². The number of aliphatic hydroxyl groups is 1. The maximum atomic E-state index is 12.9. The first-order chi connectivity index (χ1) is 7.55. The summed E-state index contributed by atoms with van der Waals surface area (Å²) in [6.45, 7) is 2.15. The van der Waals surface area contributed by atoms with Gasteiger partial charge in [-0.1, -0.05) is 32.6 Å². The Morgan fingerprint density at radius 1 is 1.19 bits per heavy atom. The molecule has 3 heteroatoms. The van der Waals surface area contributed by atoms with Crippen LogP contribution in [0.3, 0.4) is 0 Å². The van der Waals surface area contributed by atoms with Crippen LogP contribution < -0.4 is 0 Å². The van der Waals surface area contributed by atoms with Crippen LogP contribution in [-0.2, 0) is 0 Å². The van der Waals surface area contributed by atoms with Crippen molar-refractivity contribution in [2.24, 2.45) is 5.92 Å². The molecule has 1 aliphatic carbocycles. The lowest BCUT2D eigenvalue weighted by Gasteiger charge is -2.31. The molecule has 96 valence electrons. The van der Waals surface area contributed by atoms with Crippen LogP contribution >= 0.6 is 0 Å². The molecular formula is C13H24F2O. The fourth-order valence-electron chi connectivity index (χ4n) is 2.46. The zero-order valence-electron chi connectivity index (χ0n) is 10.2. The Labute approximate surface area is 97.2 Å². The zero-order chi connectivity index (χ0) is 12.0. The van der Waals surface area contributed by atoms with Crippen LogP contribution in [0.15, 0.2) is 0 Å². The van der Waals surface area contributed by atoms with Crippen LogP contribution in [0, 0.1) is 5.92 Å². The van der Waals surface area contributed by atoms with Crippen molar-refractivity contribution in [1.82, 2.24) is 0 Å². The van der Waals surface area contributed by atoms with E-state index in [2.05, 4.69) is 6.92 Å². The van der Waals surface area contributed by atoms with E-state index >= 15 is 0 Å². The van der Waals surface area contributed by atoms with E-state index in [0.717, 1.165) is 19.3 Å². The van der Waals surface area contributed by atoms with Crippen molar-refractivity contribution in [3.63, 3.8) is 0 Å². The van der Waals surface area contributed by atoms with Gasteiger partial charge >= 0.3 is 0 Å². The van der Waals surface area contributed by atoms with Crippen LogP contribution in [0.5, 0.6) is 0 Å². The maximum Gasteiger partial charge on any atom is 0.248 e. The summed E-state index contributed by atoms with van der Waals surface area (Å²) in [4.78, 5) is 0. The number of unbranched alkanes of at least 4 members (excludes halogenated alkanes) is 3. The van der Waals surface area contributed by atoms with E-state index in [1.807, 2.05) is 0 Å². The molecule has 0 aliphatic heterocycles. The lowest BCUT2D eigenvalue weighted by Crippen LogP contribution is -2.31. The number of alkyl halides is 2. The van der Waals surface area contributed by atoms with E-state index in [4.69, 9.17) is 0 Å². The average Bonchev–Trinajstić information content (AvgIpc) is 2.24. The lowest BCUT2D eigenvalue weighted by molar-refractivity contribution is -0.0631. The zero-order valence-corrected chi connectivity index (χ0v) is 10.2. The third kappa shape index (κ3) is 4.77. The minimum absolute atomic E-state index is 0.0380. The summed E-state index contributed by atoms with van der Waals surface area (Å²) in [5.41, 5.74) is 0. The van der Waals surface area contributed by atoms with E-state index in [1.54, 1.807) is 0 Å². The van der Waals surface area contributed by atoms with Gasteiger partial charge in [0.1, 0.15) is 0 Å². The molecule has 0 aromatic heterocycles. The SMILES string of the molecule is CCCCCCC(O)C1CCC(F)(F)CC1. The Morgan fingerprint density at radius 3 is 2.38 bits per heavy atom. The van der Waals surface area contributed by atoms with E-state index in [9.17, 15) is 13.9 Å². The Bertz CT molecular complexity index is 184. The normalized spacial score (nSPS) is 23.2. The smallest absolute Gasteiger partial charge is 0.248 e. The molecule has 0 spiro atoms. The van der Waals surface area contributed by atoms with Crippen molar-refractivity contribution in [3.05, 3.63) is 0 Å². The average molecular weight is 234 g/mol. The van der Waals surface area contributed by atoms with Crippen LogP contribution in [0.25, 0.3) is 0 Å². The maximum absolute atomic E-state index is 12.9. The highest BCUT2D eigenvalue weighted by Crippen LogP contribution is 2.38. The van der Waals surface area contributed by atoms with Crippen molar-refractivity contribution in [3.8, 4) is 0 Å². The second-order valence-electron chi connectivity index (χ2n) is 5.11. The van der Waals surface area contributed by atoms with Gasteiger partial charge in [0.15, 0.2) is 0 Å². The summed E-state index contributed by atoms with van der Waals surface area (Å²) >= 11 is 0. The molecule has 0 aromatic rings. The second kappa shape index (κ2) is 6.53. The summed E-state index contributed by atoms with van der Waals surface area (Å²) in [6, 6.07) is 0. The fourth-order valence-corrected chi connectivity index (χ4v) is 2.46. The van der Waals surface area contributed by atoms with E-state index in [1.165, 1.54) is 12.8 Å². The van der Waals surface area contributed by atoms with Gasteiger partial charge in [-0.15, -0.1) is 0 Å². The number of rotatable bonds is 6. The first kappa shape index (κ1) is 13.9. The number of halogens is 2. The van der Waals surface area contributed by atoms with Gasteiger partial charge < -0.3 is 5.11 Å². The monoisotopic (exact) mass is 234 g/mol. The van der Waals surface area contributed by atoms with Gasteiger partial charge in [0.25, 0.3) is 0 Å². The molecule has 1 unspecified atom stereocenters. The third-order valence-corrected chi connectivity index (χ3v) is 3.66. The van der Waals surface area contributed by atoms with Gasteiger partial charge in [-0.2, -0.15) is 0 Å². The molecule has 1 rings (SSSR count). The van der Waals surface area contributed by atoms with Crippen molar-refractivity contribution in [2.45, 2.75) is 76.7 Å². The molecule has 1 atom stereocenters. The summed E-state index contributed by atoms with van der Waals surface area (Å²) in [5.74, 6) is -2.36. The summed E-state index contributed by atoms with van der Waals surface area (Å²) in [6.07, 6.45) is 5.90. The molecule has 1 N–H and O–H groups in total. The predicted octanol–water partition coefficient (Wildman–Crippen LogP) is 4.14. The Kier molecular flexibility index (Phi) is 5.67. The Hall–Kier alpha value is -0.180. The van der Waals surface area contributed by atoms with Crippen LogP contribution in [0.2, 0.25) is 0 Å². The topological polar surface area (TPSA) is 20.2 Å². The molecule has 0 bridgehead atoms. The first-order valence-corrected chi connectivity index (χ1v) is 6.61. The molecule has 16 heavy (non-hydrogen) atoms. The molecule has 0 aromatic carbocycles. The van der Waals surface area contributed by atoms with E-state index < -0.39 is 5.92 Å². The third-order valence-electron chi connectivity index (χ3n) is 3.66. The van der Waals surface area contributed by atoms with Crippen LogP contribution in [0.1, 0.15) is 64.7 Å². The molecule has 0 heterocycles. The number of hydrogen-bond acceptors (Lipinski definition) is 1. The summed E-state index contributed by atoms with van der Waals surface area (Å²) in [7, 11) is 0. The molecule has 0 radical (unpaired) electrons. The highest BCUT2D eigenvalue weighted by atomic mass is 19.3. The predicted molar refractivity (Wildman–Crippen MR) is 61.7 cm³/mol. The molecule has 0 saturated heterocycles. The minimum atomic E-state index is -2.47. The first-order valence-electron chi connectivity index (χ1n) is 6.61. The van der Waals surface area contributed by atoms with Gasteiger partial charge in [-0.3, -0.25) is 0 Å². The van der Waals surface area contributed by atoms with Crippen LogP contribution in [-0.4, -0.2) is 17.1 Å². The van der Waals surface area contributed by atoms with Gasteiger partial charge in [-0.05, 0) is 25.2 Å². The largest absolute Gasteiger partial charge is 0.393 e. The standard InChI is InChI=1S/C13H24F2O/c1-2-3-4-5-6-12(16)11-7-9-13(14,15)10-8-11/h11-12,16H,2-10H2,1H3. The number of aliphatic hydroxyl groups excluding tert-OH is 1. The molecule has 1 fully saturated rings. The summed E-state index contributed by atoms with van der Waals surface area (Å²) < 4.78 is 25.8. The fraction of sp³-hybridized carbons (Fsp3) is 1.00. The highest BCUT2D eigenvalue weighted by Gasteiger charge is 2.36. The number of hydrogen-bond donors (Lipinski definition) is 1. The quantitative estimate of drug-likeness (QED) is 0.685. The minimum Gasteiger partial charge on any atom is -0.393 e.